The minimum Gasteiger partial charge on any atom is -0.467 e. The smallest absolute Gasteiger partial charge is 0.329 e. The van der Waals surface area contributed by atoms with Crippen LogP contribution in [-0.2, 0) is 16.1 Å². The maximum atomic E-state index is 11.6. The molecule has 0 aliphatic carbocycles. The summed E-state index contributed by atoms with van der Waals surface area (Å²) in [6.07, 6.45) is 2.78. The van der Waals surface area contributed by atoms with Gasteiger partial charge in [0.05, 0.1) is 19.0 Å². The third-order valence-corrected chi connectivity index (χ3v) is 3.57. The molecule has 132 valence electrons. The lowest BCUT2D eigenvalue weighted by atomic mass is 10.2. The molecule has 7 nitrogen and oxygen atoms in total. The van der Waals surface area contributed by atoms with Crippen LogP contribution in [0.3, 0.4) is 0 Å². The molecule has 0 unspecified atom stereocenters. The Morgan fingerprint density at radius 2 is 1.88 bits per heavy atom. The van der Waals surface area contributed by atoms with Crippen molar-refractivity contribution in [2.45, 2.75) is 6.54 Å². The third kappa shape index (κ3) is 4.61. The molecule has 0 fully saturated rings. The fourth-order valence-electron chi connectivity index (χ4n) is 2.06. The summed E-state index contributed by atoms with van der Waals surface area (Å²) in [4.78, 5) is 23.3. The highest BCUT2D eigenvalue weighted by Gasteiger charge is 2.12. The second-order valence-electron chi connectivity index (χ2n) is 5.17. The number of halogens is 1. The van der Waals surface area contributed by atoms with Gasteiger partial charge in [0.15, 0.2) is 0 Å². The Labute approximate surface area is 153 Å². The zero-order chi connectivity index (χ0) is 18.4. The number of hydrogen-bond donors (Lipinski definition) is 2. The first-order chi connectivity index (χ1) is 12.6. The Morgan fingerprint density at radius 3 is 2.62 bits per heavy atom. The fourth-order valence-corrected chi connectivity index (χ4v) is 2.18. The molecule has 3 aromatic rings. The van der Waals surface area contributed by atoms with E-state index in [1.807, 2.05) is 12.1 Å². The molecule has 0 atom stereocenters. The number of nitrogens with zero attached hydrogens (tertiary/aromatic N) is 1. The van der Waals surface area contributed by atoms with Gasteiger partial charge >= 0.3 is 11.8 Å². The summed E-state index contributed by atoms with van der Waals surface area (Å²) in [6.45, 7) is 0.117. The Kier molecular flexibility index (Phi) is 5.50. The second-order valence-corrected chi connectivity index (χ2v) is 5.61. The normalized spacial score (nSPS) is 10.8. The third-order valence-electron chi connectivity index (χ3n) is 3.32. The van der Waals surface area contributed by atoms with Gasteiger partial charge in [-0.15, -0.1) is 0 Å². The van der Waals surface area contributed by atoms with Crippen LogP contribution in [0.2, 0.25) is 5.02 Å². The molecule has 0 aliphatic rings. The van der Waals surface area contributed by atoms with Gasteiger partial charge in [0.2, 0.25) is 0 Å². The van der Waals surface area contributed by atoms with E-state index in [-0.39, 0.29) is 6.54 Å². The lowest BCUT2D eigenvalue weighted by Gasteiger charge is -2.01. The zero-order valence-electron chi connectivity index (χ0n) is 13.4. The van der Waals surface area contributed by atoms with Crippen molar-refractivity contribution in [1.82, 2.24) is 10.7 Å². The number of hydrazone groups is 1. The van der Waals surface area contributed by atoms with Crippen LogP contribution in [0.25, 0.3) is 11.3 Å². The van der Waals surface area contributed by atoms with E-state index >= 15 is 0 Å². The van der Waals surface area contributed by atoms with Crippen molar-refractivity contribution in [3.63, 3.8) is 0 Å². The number of carbonyl (C=O) groups is 2. The Hall–Kier alpha value is -3.32. The van der Waals surface area contributed by atoms with Gasteiger partial charge in [0.1, 0.15) is 17.3 Å². The molecule has 3 rings (SSSR count). The summed E-state index contributed by atoms with van der Waals surface area (Å²) >= 11 is 5.85. The topological polar surface area (TPSA) is 96.8 Å². The van der Waals surface area contributed by atoms with Crippen LogP contribution in [0.4, 0.5) is 0 Å². The first kappa shape index (κ1) is 17.5. The van der Waals surface area contributed by atoms with Crippen LogP contribution in [-0.4, -0.2) is 18.0 Å². The molecule has 2 N–H and O–H groups in total. The fraction of sp³-hybridized carbons (Fsp3) is 0.0556. The molecule has 0 spiro atoms. The van der Waals surface area contributed by atoms with E-state index in [0.29, 0.717) is 22.3 Å². The molecule has 0 bridgehead atoms. The lowest BCUT2D eigenvalue weighted by molar-refractivity contribution is -0.139. The number of benzene rings is 1. The quantitative estimate of drug-likeness (QED) is 0.409. The van der Waals surface area contributed by atoms with E-state index < -0.39 is 11.8 Å². The Balaban J connectivity index is 1.51. The van der Waals surface area contributed by atoms with Gasteiger partial charge in [-0.2, -0.15) is 5.10 Å². The predicted molar refractivity (Wildman–Crippen MR) is 95.4 cm³/mol. The number of furan rings is 2. The highest BCUT2D eigenvalue weighted by atomic mass is 35.5. The van der Waals surface area contributed by atoms with Gasteiger partial charge in [-0.1, -0.05) is 11.6 Å². The van der Waals surface area contributed by atoms with Gasteiger partial charge in [-0.25, -0.2) is 5.43 Å². The highest BCUT2D eigenvalue weighted by molar-refractivity contribution is 6.35. The Bertz CT molecular complexity index is 914. The van der Waals surface area contributed by atoms with Gasteiger partial charge in [0.25, 0.3) is 0 Å². The van der Waals surface area contributed by atoms with E-state index in [0.717, 1.165) is 5.56 Å². The highest BCUT2D eigenvalue weighted by Crippen LogP contribution is 2.23. The van der Waals surface area contributed by atoms with Crippen molar-refractivity contribution < 1.29 is 18.4 Å². The monoisotopic (exact) mass is 371 g/mol. The number of nitrogens with one attached hydrogen (secondary N) is 2. The summed E-state index contributed by atoms with van der Waals surface area (Å²) in [5.74, 6) is -0.117. The Morgan fingerprint density at radius 1 is 1.08 bits per heavy atom. The van der Waals surface area contributed by atoms with E-state index in [4.69, 9.17) is 20.4 Å². The van der Waals surface area contributed by atoms with Crippen LogP contribution >= 0.6 is 11.6 Å². The summed E-state index contributed by atoms with van der Waals surface area (Å²) < 4.78 is 10.6. The van der Waals surface area contributed by atoms with Gasteiger partial charge in [-0.05, 0) is 48.5 Å². The molecule has 2 heterocycles. The minimum absolute atomic E-state index is 0.117. The maximum Gasteiger partial charge on any atom is 0.329 e. The molecule has 8 heteroatoms. The van der Waals surface area contributed by atoms with Gasteiger partial charge in [0, 0.05) is 10.6 Å². The average Bonchev–Trinajstić information content (AvgIpc) is 3.32. The first-order valence-electron chi connectivity index (χ1n) is 7.61. The first-order valence-corrected chi connectivity index (χ1v) is 7.99. The number of rotatable bonds is 5. The second kappa shape index (κ2) is 8.17. The lowest BCUT2D eigenvalue weighted by Crippen LogP contribution is -2.37. The molecule has 26 heavy (non-hydrogen) atoms. The SMILES string of the molecule is O=C(NCc1ccco1)C(=O)N/N=C/c1ccc(-c2ccc(Cl)cc2)o1. The largest absolute Gasteiger partial charge is 0.467 e. The van der Waals surface area contributed by atoms with Gasteiger partial charge < -0.3 is 14.2 Å². The molecule has 0 radical (unpaired) electrons. The maximum absolute atomic E-state index is 11.6. The minimum atomic E-state index is -0.891. The van der Waals surface area contributed by atoms with Crippen LogP contribution < -0.4 is 10.7 Å². The number of carbonyl (C=O) groups excluding carboxylic acids is 2. The molecule has 0 aliphatic heterocycles. The van der Waals surface area contributed by atoms with Crippen molar-refractivity contribution in [1.29, 1.82) is 0 Å². The van der Waals surface area contributed by atoms with Crippen molar-refractivity contribution in [3.8, 4) is 11.3 Å². The molecule has 2 aromatic heterocycles. The summed E-state index contributed by atoms with van der Waals surface area (Å²) in [5.41, 5.74) is 2.98. The van der Waals surface area contributed by atoms with E-state index in [9.17, 15) is 9.59 Å². The standard InChI is InChI=1S/C18H14ClN3O4/c19-13-5-3-12(4-6-13)16-8-7-15(26-16)11-21-22-18(24)17(23)20-10-14-2-1-9-25-14/h1-9,11H,10H2,(H,20,23)(H,22,24)/b21-11+. The van der Waals surface area contributed by atoms with Crippen molar-refractivity contribution in [3.05, 3.63) is 71.3 Å². The predicted octanol–water partition coefficient (Wildman–Crippen LogP) is 2.96. The molecule has 0 saturated carbocycles. The van der Waals surface area contributed by atoms with Crippen LogP contribution in [0.1, 0.15) is 11.5 Å². The van der Waals surface area contributed by atoms with Crippen LogP contribution in [0.5, 0.6) is 0 Å². The van der Waals surface area contributed by atoms with Crippen molar-refractivity contribution in [2.24, 2.45) is 5.10 Å². The van der Waals surface area contributed by atoms with E-state index in [1.54, 1.807) is 36.4 Å². The number of hydrogen-bond acceptors (Lipinski definition) is 5. The van der Waals surface area contributed by atoms with Crippen LogP contribution in [0, 0.1) is 0 Å². The molecule has 1 aromatic carbocycles. The summed E-state index contributed by atoms with van der Waals surface area (Å²) in [6, 6.07) is 14.0. The van der Waals surface area contributed by atoms with Gasteiger partial charge in [-0.3, -0.25) is 9.59 Å². The van der Waals surface area contributed by atoms with Crippen molar-refractivity contribution >= 4 is 29.6 Å². The molecule has 2 amide bonds. The van der Waals surface area contributed by atoms with E-state index in [2.05, 4.69) is 15.8 Å². The summed E-state index contributed by atoms with van der Waals surface area (Å²) in [5, 5.41) is 6.75. The van der Waals surface area contributed by atoms with Crippen molar-refractivity contribution in [2.75, 3.05) is 0 Å². The number of amides is 2. The summed E-state index contributed by atoms with van der Waals surface area (Å²) in [7, 11) is 0. The molecular weight excluding hydrogens is 358 g/mol. The average molecular weight is 372 g/mol. The zero-order valence-corrected chi connectivity index (χ0v) is 14.2. The molecule has 0 saturated heterocycles. The molecular formula is C18H14ClN3O4. The van der Waals surface area contributed by atoms with E-state index in [1.165, 1.54) is 12.5 Å². The van der Waals surface area contributed by atoms with Crippen LogP contribution in [0.15, 0.2) is 68.7 Å².